The predicted octanol–water partition coefficient (Wildman–Crippen LogP) is -0.679. The molecule has 6 N–H and O–H groups in total. The average molecular weight is 399 g/mol. The van der Waals surface area contributed by atoms with E-state index in [1.54, 1.807) is 0 Å². The van der Waals surface area contributed by atoms with E-state index in [-0.39, 0.29) is 39.1 Å². The molecule has 0 bridgehead atoms. The van der Waals surface area contributed by atoms with Gasteiger partial charge in [0.15, 0.2) is 0 Å². The maximum absolute atomic E-state index is 10.7. The first-order chi connectivity index (χ1) is 11.6. The first-order valence-corrected chi connectivity index (χ1v) is 7.50. The maximum Gasteiger partial charge on any atom is 2.00 e. The van der Waals surface area contributed by atoms with E-state index in [9.17, 15) is 9.90 Å². The molecule has 0 aliphatic rings. The first-order valence-electron chi connectivity index (χ1n) is 7.50. The maximum atomic E-state index is 10.7. The van der Waals surface area contributed by atoms with Crippen molar-refractivity contribution in [1.29, 1.82) is 0 Å². The van der Waals surface area contributed by atoms with Crippen LogP contribution in [0.2, 0.25) is 0 Å². The van der Waals surface area contributed by atoms with Gasteiger partial charge in [0.2, 0.25) is 0 Å². The minimum atomic E-state index is -2.48. The Morgan fingerprint density at radius 3 is 1.27 bits per heavy atom. The van der Waals surface area contributed by atoms with Crippen LogP contribution >= 0.6 is 0 Å². The van der Waals surface area contributed by atoms with Gasteiger partial charge in [-0.3, -0.25) is 0 Å². The second kappa shape index (κ2) is 22.0. The summed E-state index contributed by atoms with van der Waals surface area (Å²) in [6.07, 6.45) is 3.11. The van der Waals surface area contributed by atoms with Crippen LogP contribution in [-0.4, -0.2) is 104 Å². The van der Waals surface area contributed by atoms with Gasteiger partial charge >= 0.3 is 46.9 Å². The van der Waals surface area contributed by atoms with Crippen molar-refractivity contribution >= 4 is 41.0 Å². The van der Waals surface area contributed by atoms with Crippen molar-refractivity contribution in [2.45, 2.75) is 45.5 Å². The number of unbranched alkanes of at least 4 members (excludes halogenated alkanes) is 2. The second-order valence-electron chi connectivity index (χ2n) is 4.39. The summed E-state index contributed by atoms with van der Waals surface area (Å²) >= 11 is 0. The Morgan fingerprint density at radius 2 is 1.12 bits per heavy atom. The van der Waals surface area contributed by atoms with Crippen LogP contribution in [0.1, 0.15) is 42.4 Å². The molecule has 0 saturated carbocycles. The number of hydrogen-bond acceptors (Lipinski definition) is 8. The van der Waals surface area contributed by atoms with E-state index in [1.165, 1.54) is 0 Å². The molecule has 0 aromatic carbocycles. The van der Waals surface area contributed by atoms with Gasteiger partial charge < -0.3 is 43.0 Å². The summed E-state index contributed by atoms with van der Waals surface area (Å²) < 4.78 is 9.62. The monoisotopic (exact) mass is 398 g/mol. The van der Waals surface area contributed by atoms with E-state index in [0.29, 0.717) is 12.8 Å². The van der Waals surface area contributed by atoms with Gasteiger partial charge in [-0.15, -0.1) is 0 Å². The summed E-state index contributed by atoms with van der Waals surface area (Å²) in [6, 6.07) is 0. The number of ether oxygens (including phenoxy) is 2. The molecule has 0 radical (unpaired) electrons. The van der Waals surface area contributed by atoms with Crippen LogP contribution in [0, 0.1) is 0 Å². The molecule has 0 aromatic rings. The van der Waals surface area contributed by atoms with Crippen LogP contribution < -0.4 is 0 Å². The van der Waals surface area contributed by atoms with Crippen molar-refractivity contribution in [1.82, 2.24) is 0 Å². The van der Waals surface area contributed by atoms with Crippen LogP contribution in [0.15, 0.2) is 0 Å². The number of carbonyl (C=O) groups is 3. The van der Waals surface area contributed by atoms with E-state index < -0.39 is 37.1 Å². The van der Waals surface area contributed by atoms with Gasteiger partial charge in [-0.1, -0.05) is 26.7 Å². The molecular weight excluding hydrogens is 368 g/mol. The predicted molar refractivity (Wildman–Crippen MR) is 91.7 cm³/mol. The standard InChI is InChI=1S/C10H20O5.2C2H4O3.Mg.2H/c1-3-5-7-14-10(13,9(11)12)15-8-6-4-2;2*3-1-2(4)5;;;/h13H,3-8H2,1-2H3,(H,11,12);2*3H,1H2,(H,4,5);;;/q;;;+2;2*-1. The Kier molecular flexibility index (Phi) is 27.6. The quantitative estimate of drug-likeness (QED) is 0.147. The van der Waals surface area contributed by atoms with Gasteiger partial charge in [0.1, 0.15) is 13.2 Å². The first kappa shape index (κ1) is 32.6. The molecule has 0 unspecified atom stereocenters. The zero-order valence-corrected chi connectivity index (χ0v) is 16.5. The largest absolute Gasteiger partial charge is 2.00 e. The Balaban J connectivity index is -0.0000000784. The third-order valence-electron chi connectivity index (χ3n) is 2.13. The molecule has 0 aliphatic carbocycles. The Morgan fingerprint density at radius 1 is 0.846 bits per heavy atom. The van der Waals surface area contributed by atoms with Gasteiger partial charge in [-0.05, 0) is 12.8 Å². The van der Waals surface area contributed by atoms with Crippen LogP contribution in [0.25, 0.3) is 0 Å². The molecule has 11 nitrogen and oxygen atoms in total. The third kappa shape index (κ3) is 25.2. The van der Waals surface area contributed by atoms with Crippen molar-refractivity contribution in [3.63, 3.8) is 0 Å². The van der Waals surface area contributed by atoms with Gasteiger partial charge in [0.05, 0.1) is 13.2 Å². The number of aliphatic hydroxyl groups excluding tert-OH is 2. The second-order valence-corrected chi connectivity index (χ2v) is 4.39. The van der Waals surface area contributed by atoms with E-state index in [1.807, 2.05) is 13.8 Å². The molecule has 0 heterocycles. The molecule has 0 rings (SSSR count). The van der Waals surface area contributed by atoms with E-state index in [2.05, 4.69) is 0 Å². The van der Waals surface area contributed by atoms with Crippen molar-refractivity contribution in [3.8, 4) is 0 Å². The molecule has 0 fully saturated rings. The third-order valence-corrected chi connectivity index (χ3v) is 2.13. The van der Waals surface area contributed by atoms with Gasteiger partial charge in [0.25, 0.3) is 0 Å². The molecule has 154 valence electrons. The van der Waals surface area contributed by atoms with Crippen LogP contribution in [0.4, 0.5) is 0 Å². The summed E-state index contributed by atoms with van der Waals surface area (Å²) in [4.78, 5) is 28.9. The normalized spacial score (nSPS) is 9.58. The van der Waals surface area contributed by atoms with E-state index in [4.69, 9.17) is 44.6 Å². The average Bonchev–Trinajstić information content (AvgIpc) is 2.56. The van der Waals surface area contributed by atoms with Crippen molar-refractivity contribution in [2.24, 2.45) is 0 Å². The van der Waals surface area contributed by atoms with Crippen LogP contribution in [-0.2, 0) is 23.9 Å². The molecule has 0 amide bonds. The number of aliphatic carboxylic acids is 3. The van der Waals surface area contributed by atoms with Gasteiger partial charge in [-0.2, -0.15) is 0 Å². The molecule has 26 heavy (non-hydrogen) atoms. The molecule has 0 saturated heterocycles. The summed E-state index contributed by atoms with van der Waals surface area (Å²) in [5, 5.41) is 48.3. The molecule has 0 spiro atoms. The SMILES string of the molecule is CCCCOC(O)(OCCCC)C(=O)O.O=C(O)CO.O=C(O)CO.[H-].[H-].[Mg+2]. The Bertz CT molecular complexity index is 349. The summed E-state index contributed by atoms with van der Waals surface area (Å²) in [6.45, 7) is 2.68. The zero-order chi connectivity index (χ0) is 20.3. The molecule has 12 heteroatoms. The molecule has 0 aliphatic heterocycles. The topological polar surface area (TPSA) is 191 Å². The van der Waals surface area contributed by atoms with E-state index >= 15 is 0 Å². The number of rotatable bonds is 11. The number of carboxylic acid groups (broad SMARTS) is 3. The number of aliphatic hydroxyl groups is 3. The number of carboxylic acids is 3. The van der Waals surface area contributed by atoms with Crippen molar-refractivity contribution in [3.05, 3.63) is 0 Å². The molecular formula is C14H30MgO11. The molecule has 0 aromatic heterocycles. The Hall–Kier alpha value is -1.02. The Labute approximate surface area is 170 Å². The number of hydrogen-bond donors (Lipinski definition) is 6. The van der Waals surface area contributed by atoms with Crippen LogP contribution in [0.3, 0.4) is 0 Å². The summed E-state index contributed by atoms with van der Waals surface area (Å²) in [5.41, 5.74) is 0. The fourth-order valence-electron chi connectivity index (χ4n) is 0.875. The van der Waals surface area contributed by atoms with Gasteiger partial charge in [-0.25, -0.2) is 14.4 Å². The summed E-state index contributed by atoms with van der Waals surface area (Å²) in [5.74, 6) is -6.37. The fraction of sp³-hybridized carbons (Fsp3) is 0.786. The minimum Gasteiger partial charge on any atom is -1.00 e. The van der Waals surface area contributed by atoms with Crippen molar-refractivity contribution in [2.75, 3.05) is 26.4 Å². The van der Waals surface area contributed by atoms with Crippen LogP contribution in [0.5, 0.6) is 0 Å². The van der Waals surface area contributed by atoms with Crippen molar-refractivity contribution < 1.29 is 57.3 Å². The smallest absolute Gasteiger partial charge is 1.00 e. The zero-order valence-electron chi connectivity index (χ0n) is 17.1. The summed E-state index contributed by atoms with van der Waals surface area (Å²) in [7, 11) is 0. The minimum absolute atomic E-state index is 0. The fourth-order valence-corrected chi connectivity index (χ4v) is 0.875. The van der Waals surface area contributed by atoms with E-state index in [0.717, 1.165) is 12.8 Å². The van der Waals surface area contributed by atoms with Gasteiger partial charge in [0, 0.05) is 0 Å². The molecule has 0 atom stereocenters.